The number of fused-ring (bicyclic) bond motifs is 1. The molecule has 2 aromatic carbocycles. The molecule has 1 fully saturated rings. The van der Waals surface area contributed by atoms with Crippen LogP contribution in [0.5, 0.6) is 0 Å². The maximum atomic E-state index is 14.4. The van der Waals surface area contributed by atoms with Crippen molar-refractivity contribution in [2.24, 2.45) is 7.05 Å². The number of aromatic nitrogens is 1. The minimum absolute atomic E-state index is 0.0839. The van der Waals surface area contributed by atoms with Gasteiger partial charge in [-0.2, -0.15) is 4.57 Å². The minimum atomic E-state index is -0.0839. The molecule has 0 radical (unpaired) electrons. The fourth-order valence-electron chi connectivity index (χ4n) is 4.73. The molecule has 0 aliphatic heterocycles. The number of aryl methyl sites for hydroxylation is 2. The molecule has 4 rings (SSSR count). The van der Waals surface area contributed by atoms with Gasteiger partial charge < -0.3 is 0 Å². The Balaban J connectivity index is 1.99. The lowest BCUT2D eigenvalue weighted by Crippen LogP contribution is -2.35. The molecule has 0 amide bonds. The van der Waals surface area contributed by atoms with Gasteiger partial charge in [0, 0.05) is 13.0 Å². The molecule has 140 valence electrons. The van der Waals surface area contributed by atoms with E-state index in [1.165, 1.54) is 53.4 Å². The van der Waals surface area contributed by atoms with Gasteiger partial charge in [0.25, 0.3) is 0 Å². The van der Waals surface area contributed by atoms with E-state index < -0.39 is 0 Å². The van der Waals surface area contributed by atoms with Gasteiger partial charge in [-0.05, 0) is 79.3 Å². The maximum Gasteiger partial charge on any atom is 0.220 e. The Bertz CT molecular complexity index is 1040. The van der Waals surface area contributed by atoms with Crippen molar-refractivity contribution in [3.05, 3.63) is 64.1 Å². The number of pyridine rings is 1. The number of hydrogen-bond donors (Lipinski definition) is 0. The van der Waals surface area contributed by atoms with Crippen LogP contribution in [-0.4, -0.2) is 0 Å². The van der Waals surface area contributed by atoms with Crippen molar-refractivity contribution in [2.45, 2.75) is 59.3 Å². The van der Waals surface area contributed by atoms with E-state index in [-0.39, 0.29) is 5.82 Å². The second-order valence-electron chi connectivity index (χ2n) is 8.33. The largest absolute Gasteiger partial charge is 0.220 e. The summed E-state index contributed by atoms with van der Waals surface area (Å²) in [4.78, 5) is 0. The molecular weight excluding hydrogens is 333 g/mol. The van der Waals surface area contributed by atoms with Gasteiger partial charge in [0.05, 0.1) is 10.9 Å². The monoisotopic (exact) mass is 362 g/mol. The van der Waals surface area contributed by atoms with Crippen molar-refractivity contribution in [3.63, 3.8) is 0 Å². The van der Waals surface area contributed by atoms with Crippen LogP contribution in [0.3, 0.4) is 0 Å². The van der Waals surface area contributed by atoms with E-state index in [1.807, 2.05) is 26.8 Å². The van der Waals surface area contributed by atoms with E-state index in [4.69, 9.17) is 0 Å². The molecule has 0 bridgehead atoms. The Labute approximate surface area is 161 Å². The van der Waals surface area contributed by atoms with Crippen LogP contribution in [0.25, 0.3) is 22.0 Å². The van der Waals surface area contributed by atoms with Gasteiger partial charge >= 0.3 is 0 Å². The first-order chi connectivity index (χ1) is 12.9. The van der Waals surface area contributed by atoms with E-state index in [2.05, 4.69) is 42.8 Å². The highest BCUT2D eigenvalue weighted by molar-refractivity contribution is 5.94. The van der Waals surface area contributed by atoms with Crippen LogP contribution in [0.2, 0.25) is 0 Å². The van der Waals surface area contributed by atoms with Gasteiger partial charge in [-0.25, -0.2) is 4.39 Å². The summed E-state index contributed by atoms with van der Waals surface area (Å²) in [6.07, 6.45) is 5.33. The topological polar surface area (TPSA) is 3.88 Å². The Hall–Kier alpha value is -2.22. The zero-order valence-corrected chi connectivity index (χ0v) is 17.1. The summed E-state index contributed by atoms with van der Waals surface area (Å²) in [5.74, 6) is 0.628. The summed E-state index contributed by atoms with van der Waals surface area (Å²) in [6, 6.07) is 11.3. The molecule has 0 N–H and O–H groups in total. The summed E-state index contributed by atoms with van der Waals surface area (Å²) >= 11 is 0. The third kappa shape index (κ3) is 2.96. The van der Waals surface area contributed by atoms with E-state index in [0.717, 1.165) is 16.7 Å². The molecule has 1 heterocycles. The number of rotatable bonds is 2. The molecular formula is C25H29FN+. The second kappa shape index (κ2) is 6.74. The third-order valence-corrected chi connectivity index (χ3v) is 6.64. The number of nitrogens with zero attached hydrogens (tertiary/aromatic N) is 1. The van der Waals surface area contributed by atoms with Crippen molar-refractivity contribution in [1.29, 1.82) is 0 Å². The van der Waals surface area contributed by atoms with Gasteiger partial charge in [-0.15, -0.1) is 0 Å². The van der Waals surface area contributed by atoms with Crippen LogP contribution in [0.1, 0.15) is 59.5 Å². The van der Waals surface area contributed by atoms with Crippen molar-refractivity contribution < 1.29 is 8.96 Å². The van der Waals surface area contributed by atoms with Crippen molar-refractivity contribution >= 4 is 10.8 Å². The first-order valence-electron chi connectivity index (χ1n) is 10.1. The van der Waals surface area contributed by atoms with Gasteiger partial charge in [-0.1, -0.05) is 25.0 Å². The molecule has 1 aliphatic rings. The number of hydrogen-bond acceptors (Lipinski definition) is 0. The molecule has 0 unspecified atom stereocenters. The third-order valence-electron chi connectivity index (χ3n) is 6.64. The number of benzene rings is 2. The van der Waals surface area contributed by atoms with Crippen molar-refractivity contribution in [2.75, 3.05) is 0 Å². The van der Waals surface area contributed by atoms with E-state index in [0.29, 0.717) is 11.5 Å². The van der Waals surface area contributed by atoms with Gasteiger partial charge in [-0.3, -0.25) is 0 Å². The fourth-order valence-corrected chi connectivity index (χ4v) is 4.73. The average molecular weight is 363 g/mol. The average Bonchev–Trinajstić information content (AvgIpc) is 3.19. The summed E-state index contributed by atoms with van der Waals surface area (Å²) in [7, 11) is 2.11. The summed E-state index contributed by atoms with van der Waals surface area (Å²) in [6.45, 7) is 7.94. The lowest BCUT2D eigenvalue weighted by atomic mass is 9.91. The molecule has 1 aliphatic carbocycles. The summed E-state index contributed by atoms with van der Waals surface area (Å²) < 4.78 is 16.6. The normalized spacial score (nSPS) is 15.0. The first-order valence-corrected chi connectivity index (χ1v) is 10.1. The molecule has 0 saturated heterocycles. The zero-order chi connectivity index (χ0) is 19.3. The van der Waals surface area contributed by atoms with Gasteiger partial charge in [0.15, 0.2) is 5.69 Å². The fraction of sp³-hybridized carbons (Fsp3) is 0.400. The van der Waals surface area contributed by atoms with Gasteiger partial charge in [0.1, 0.15) is 12.9 Å². The van der Waals surface area contributed by atoms with Crippen molar-refractivity contribution in [1.82, 2.24) is 0 Å². The molecule has 1 nitrogen and oxygen atoms in total. The predicted molar refractivity (Wildman–Crippen MR) is 111 cm³/mol. The highest BCUT2D eigenvalue weighted by Gasteiger charge is 2.24. The smallest absolute Gasteiger partial charge is 0.206 e. The highest BCUT2D eigenvalue weighted by atomic mass is 19.1. The Morgan fingerprint density at radius 2 is 1.63 bits per heavy atom. The Morgan fingerprint density at radius 3 is 2.33 bits per heavy atom. The molecule has 3 aromatic rings. The lowest BCUT2D eigenvalue weighted by Gasteiger charge is -2.15. The maximum absolute atomic E-state index is 14.4. The SMILES string of the molecule is Cc1cc(-c2c3ccc(C4CCCC4)cc3cc(C)[n+]2C)c(C)c(C)c1F. The molecule has 1 saturated carbocycles. The van der Waals surface area contributed by atoms with E-state index in [1.54, 1.807) is 0 Å². The van der Waals surface area contributed by atoms with Gasteiger partial charge in [0.2, 0.25) is 5.69 Å². The first kappa shape index (κ1) is 18.2. The van der Waals surface area contributed by atoms with Crippen LogP contribution in [-0.2, 0) is 7.05 Å². The molecule has 1 aromatic heterocycles. The Morgan fingerprint density at radius 1 is 0.926 bits per heavy atom. The highest BCUT2D eigenvalue weighted by Crippen LogP contribution is 2.37. The van der Waals surface area contributed by atoms with E-state index in [9.17, 15) is 4.39 Å². The molecule has 27 heavy (non-hydrogen) atoms. The zero-order valence-electron chi connectivity index (χ0n) is 17.1. The quantitative estimate of drug-likeness (QED) is 0.467. The van der Waals surface area contributed by atoms with Crippen molar-refractivity contribution in [3.8, 4) is 11.3 Å². The Kier molecular flexibility index (Phi) is 4.53. The molecule has 0 spiro atoms. The number of halogens is 1. The van der Waals surface area contributed by atoms with Crippen LogP contribution < -0.4 is 4.57 Å². The van der Waals surface area contributed by atoms with Crippen LogP contribution >= 0.6 is 0 Å². The summed E-state index contributed by atoms with van der Waals surface area (Å²) in [5, 5.41) is 2.54. The van der Waals surface area contributed by atoms with E-state index >= 15 is 0 Å². The molecule has 0 atom stereocenters. The van der Waals surface area contributed by atoms with Crippen LogP contribution in [0, 0.1) is 33.5 Å². The lowest BCUT2D eigenvalue weighted by molar-refractivity contribution is -0.665. The van der Waals surface area contributed by atoms with Crippen LogP contribution in [0.15, 0.2) is 30.3 Å². The minimum Gasteiger partial charge on any atom is -0.206 e. The molecule has 2 heteroatoms. The standard InChI is InChI=1S/C25H29FN/c1-15-12-23(17(3)18(4)24(15)26)25-22-11-10-20(19-8-6-7-9-19)14-21(22)13-16(2)27(25)5/h10-14,19H,6-9H2,1-5H3/q+1. The van der Waals surface area contributed by atoms with Crippen LogP contribution in [0.4, 0.5) is 4.39 Å². The predicted octanol–water partition coefficient (Wildman–Crippen LogP) is 6.36. The second-order valence-corrected chi connectivity index (χ2v) is 8.33. The summed E-state index contributed by atoms with van der Waals surface area (Å²) in [5.41, 5.74) is 7.51.